The summed E-state index contributed by atoms with van der Waals surface area (Å²) in [7, 11) is 0. The van der Waals surface area contributed by atoms with Gasteiger partial charge >= 0.3 is 12.0 Å². The first-order valence-electron chi connectivity index (χ1n) is 5.10. The van der Waals surface area contributed by atoms with Crippen LogP contribution in [0.5, 0.6) is 0 Å². The van der Waals surface area contributed by atoms with Crippen LogP contribution in [0.4, 0.5) is 10.5 Å². The van der Waals surface area contributed by atoms with Gasteiger partial charge in [-0.25, -0.2) is 9.59 Å². The molecule has 0 aliphatic carbocycles. The molecule has 6 nitrogen and oxygen atoms in total. The number of carbonyl (C=O) groups excluding carboxylic acids is 1. The lowest BCUT2D eigenvalue weighted by Crippen LogP contribution is -2.45. The topological polar surface area (TPSA) is 98.7 Å². The van der Waals surface area contributed by atoms with E-state index in [0.717, 1.165) is 10.0 Å². The lowest BCUT2D eigenvalue weighted by molar-refractivity contribution is -0.140. The third kappa shape index (κ3) is 4.34. The third-order valence-electron chi connectivity index (χ3n) is 2.09. The number of urea groups is 1. The van der Waals surface area contributed by atoms with Crippen LogP contribution < -0.4 is 10.6 Å². The van der Waals surface area contributed by atoms with Crippen molar-refractivity contribution in [1.82, 2.24) is 5.32 Å². The van der Waals surface area contributed by atoms with E-state index in [0.29, 0.717) is 5.69 Å². The van der Waals surface area contributed by atoms with Gasteiger partial charge in [0.1, 0.15) is 0 Å². The summed E-state index contributed by atoms with van der Waals surface area (Å²) in [5, 5.41) is 22.1. The van der Waals surface area contributed by atoms with Crippen molar-refractivity contribution < 1.29 is 19.8 Å². The SMILES string of the molecule is Cc1cc(Br)cc(NC(=O)N[C@@H](CO)C(=O)O)c1. The molecule has 0 saturated carbocycles. The highest BCUT2D eigenvalue weighted by Crippen LogP contribution is 2.18. The molecule has 0 saturated heterocycles. The van der Waals surface area contributed by atoms with E-state index in [2.05, 4.69) is 26.6 Å². The Morgan fingerprint density at radius 2 is 2.06 bits per heavy atom. The highest BCUT2D eigenvalue weighted by atomic mass is 79.9. The number of halogens is 1. The zero-order valence-electron chi connectivity index (χ0n) is 9.61. The van der Waals surface area contributed by atoms with Crippen molar-refractivity contribution in [2.45, 2.75) is 13.0 Å². The monoisotopic (exact) mass is 316 g/mol. The number of carbonyl (C=O) groups is 2. The minimum absolute atomic E-state index is 0.529. The van der Waals surface area contributed by atoms with Crippen molar-refractivity contribution in [2.24, 2.45) is 0 Å². The first kappa shape index (κ1) is 14.5. The van der Waals surface area contributed by atoms with E-state index < -0.39 is 24.6 Å². The van der Waals surface area contributed by atoms with Crippen molar-refractivity contribution in [1.29, 1.82) is 0 Å². The number of benzene rings is 1. The molecule has 0 fully saturated rings. The number of carboxylic acid groups (broad SMARTS) is 1. The van der Waals surface area contributed by atoms with Gasteiger partial charge in [0.15, 0.2) is 6.04 Å². The summed E-state index contributed by atoms with van der Waals surface area (Å²) in [6.07, 6.45) is 0. The number of hydrogen-bond donors (Lipinski definition) is 4. The fourth-order valence-corrected chi connectivity index (χ4v) is 1.93. The normalized spacial score (nSPS) is 11.7. The maximum Gasteiger partial charge on any atom is 0.328 e. The van der Waals surface area contributed by atoms with Crippen LogP contribution in [0, 0.1) is 6.92 Å². The highest BCUT2D eigenvalue weighted by Gasteiger charge is 2.18. The molecule has 0 aliphatic heterocycles. The van der Waals surface area contributed by atoms with Gasteiger partial charge in [-0.1, -0.05) is 15.9 Å². The molecule has 0 spiro atoms. The van der Waals surface area contributed by atoms with Crippen molar-refractivity contribution in [3.05, 3.63) is 28.2 Å². The van der Waals surface area contributed by atoms with Crippen LogP contribution in [0.1, 0.15) is 5.56 Å². The van der Waals surface area contributed by atoms with E-state index in [1.807, 2.05) is 13.0 Å². The van der Waals surface area contributed by atoms with Gasteiger partial charge in [0, 0.05) is 10.2 Å². The minimum atomic E-state index is -1.32. The molecular formula is C11H13BrN2O4. The molecule has 0 radical (unpaired) electrons. The fourth-order valence-electron chi connectivity index (χ4n) is 1.32. The number of aliphatic hydroxyl groups excluding tert-OH is 1. The first-order valence-corrected chi connectivity index (χ1v) is 5.90. The molecule has 7 heteroatoms. The second kappa shape index (κ2) is 6.36. The van der Waals surface area contributed by atoms with Crippen LogP contribution in [0.25, 0.3) is 0 Å². The molecule has 0 unspecified atom stereocenters. The van der Waals surface area contributed by atoms with Gasteiger partial charge in [-0.05, 0) is 30.7 Å². The van der Waals surface area contributed by atoms with Crippen molar-refractivity contribution in [2.75, 3.05) is 11.9 Å². The highest BCUT2D eigenvalue weighted by molar-refractivity contribution is 9.10. The predicted molar refractivity (Wildman–Crippen MR) is 69.5 cm³/mol. The number of aryl methyl sites for hydroxylation is 1. The van der Waals surface area contributed by atoms with Gasteiger partial charge in [0.2, 0.25) is 0 Å². The first-order chi connectivity index (χ1) is 8.42. The van der Waals surface area contributed by atoms with Crippen molar-refractivity contribution >= 4 is 33.6 Å². The van der Waals surface area contributed by atoms with E-state index in [1.54, 1.807) is 12.1 Å². The van der Waals surface area contributed by atoms with Crippen LogP contribution in [-0.2, 0) is 4.79 Å². The number of nitrogens with one attached hydrogen (secondary N) is 2. The van der Waals surface area contributed by atoms with Gasteiger partial charge in [0.05, 0.1) is 6.61 Å². The molecule has 1 aromatic carbocycles. The Kier molecular flexibility index (Phi) is 5.11. The number of aliphatic hydroxyl groups is 1. The second-order valence-corrected chi connectivity index (χ2v) is 4.60. The zero-order chi connectivity index (χ0) is 13.7. The number of rotatable bonds is 4. The van der Waals surface area contributed by atoms with E-state index in [-0.39, 0.29) is 0 Å². The van der Waals surface area contributed by atoms with E-state index >= 15 is 0 Å². The summed E-state index contributed by atoms with van der Waals surface area (Å²) in [5.74, 6) is -1.29. The maximum atomic E-state index is 11.5. The van der Waals surface area contributed by atoms with Gasteiger partial charge in [-0.3, -0.25) is 0 Å². The average Bonchev–Trinajstić information content (AvgIpc) is 2.23. The van der Waals surface area contributed by atoms with Gasteiger partial charge in [-0.2, -0.15) is 0 Å². The Morgan fingerprint density at radius 1 is 1.39 bits per heavy atom. The van der Waals surface area contributed by atoms with Crippen LogP contribution in [0.15, 0.2) is 22.7 Å². The smallest absolute Gasteiger partial charge is 0.328 e. The number of hydrogen-bond acceptors (Lipinski definition) is 3. The molecule has 1 rings (SSSR count). The Bertz CT molecular complexity index is 444. The molecule has 0 aliphatic rings. The summed E-state index contributed by atoms with van der Waals surface area (Å²) < 4.78 is 0.801. The third-order valence-corrected chi connectivity index (χ3v) is 2.54. The van der Waals surface area contributed by atoms with Gasteiger partial charge < -0.3 is 20.8 Å². The van der Waals surface area contributed by atoms with E-state index in [4.69, 9.17) is 10.2 Å². The fraction of sp³-hybridized carbons (Fsp3) is 0.273. The Hall–Kier alpha value is -1.60. The van der Waals surface area contributed by atoms with Crippen molar-refractivity contribution in [3.8, 4) is 0 Å². The van der Waals surface area contributed by atoms with Crippen molar-refractivity contribution in [3.63, 3.8) is 0 Å². The molecule has 1 aromatic rings. The van der Waals surface area contributed by atoms with Crippen LogP contribution in [0.3, 0.4) is 0 Å². The average molecular weight is 317 g/mol. The quantitative estimate of drug-likeness (QED) is 0.673. The summed E-state index contributed by atoms with van der Waals surface area (Å²) in [6, 6.07) is 3.28. The molecule has 4 N–H and O–H groups in total. The summed E-state index contributed by atoms with van der Waals surface area (Å²) in [5.41, 5.74) is 1.47. The van der Waals surface area contributed by atoms with E-state index in [1.165, 1.54) is 0 Å². The zero-order valence-corrected chi connectivity index (χ0v) is 11.2. The molecule has 0 heterocycles. The number of amides is 2. The van der Waals surface area contributed by atoms with Gasteiger partial charge in [-0.15, -0.1) is 0 Å². The van der Waals surface area contributed by atoms with Crippen LogP contribution in [-0.4, -0.2) is 34.9 Å². The Labute approximate surface area is 112 Å². The summed E-state index contributed by atoms with van der Waals surface area (Å²) >= 11 is 3.28. The Balaban J connectivity index is 2.67. The molecule has 18 heavy (non-hydrogen) atoms. The summed E-state index contributed by atoms with van der Waals surface area (Å²) in [4.78, 5) is 22.1. The Morgan fingerprint density at radius 3 is 2.56 bits per heavy atom. The van der Waals surface area contributed by atoms with Gasteiger partial charge in [0.25, 0.3) is 0 Å². The van der Waals surface area contributed by atoms with Crippen LogP contribution >= 0.6 is 15.9 Å². The molecule has 0 bridgehead atoms. The van der Waals surface area contributed by atoms with E-state index in [9.17, 15) is 9.59 Å². The number of aliphatic carboxylic acids is 1. The molecule has 2 amide bonds. The largest absolute Gasteiger partial charge is 0.480 e. The van der Waals surface area contributed by atoms with Crippen LogP contribution in [0.2, 0.25) is 0 Å². The summed E-state index contributed by atoms with van der Waals surface area (Å²) in [6.45, 7) is 1.20. The predicted octanol–water partition coefficient (Wildman–Crippen LogP) is 1.32. The standard InChI is InChI=1S/C11H13BrN2O4/c1-6-2-7(12)4-8(3-6)13-11(18)14-9(5-15)10(16)17/h2-4,9,15H,5H2,1H3,(H,16,17)(H2,13,14,18)/t9-/m0/s1. The minimum Gasteiger partial charge on any atom is -0.480 e. The lowest BCUT2D eigenvalue weighted by atomic mass is 10.2. The number of carboxylic acids is 1. The molecular weight excluding hydrogens is 304 g/mol. The maximum absolute atomic E-state index is 11.5. The molecule has 0 aromatic heterocycles. The number of anilines is 1. The molecule has 98 valence electrons. The molecule has 1 atom stereocenters. The lowest BCUT2D eigenvalue weighted by Gasteiger charge is -2.13. The second-order valence-electron chi connectivity index (χ2n) is 3.69.